The van der Waals surface area contributed by atoms with Crippen molar-refractivity contribution >= 4 is 50.2 Å². The molecule has 3 heterocycles. The number of halogens is 2. The molecule has 0 saturated heterocycles. The highest BCUT2D eigenvalue weighted by atomic mass is 79.9. The molecule has 11 heteroatoms. The molecule has 0 spiro atoms. The number of rotatable bonds is 8. The zero-order valence-electron chi connectivity index (χ0n) is 25.0. The van der Waals surface area contributed by atoms with E-state index in [1.165, 1.54) is 37.7 Å². The Kier molecular flexibility index (Phi) is 8.48. The highest BCUT2D eigenvalue weighted by molar-refractivity contribution is 9.10. The minimum atomic E-state index is -0.837. The van der Waals surface area contributed by atoms with Crippen LogP contribution in [0, 0.1) is 5.82 Å². The highest BCUT2D eigenvalue weighted by Crippen LogP contribution is 2.40. The highest BCUT2D eigenvalue weighted by Gasteiger charge is 2.35. The molecule has 1 aliphatic heterocycles. The fourth-order valence-electron chi connectivity index (χ4n) is 5.61. The van der Waals surface area contributed by atoms with Gasteiger partial charge in [-0.15, -0.1) is 0 Å². The Hall–Kier alpha value is -4.48. The van der Waals surface area contributed by atoms with Crippen LogP contribution < -0.4 is 24.4 Å². The number of aromatic nitrogens is 2. The summed E-state index contributed by atoms with van der Waals surface area (Å²) in [6.45, 7) is 4.18. The lowest BCUT2D eigenvalue weighted by molar-refractivity contribution is -0.139. The van der Waals surface area contributed by atoms with Crippen LogP contribution >= 0.6 is 27.3 Å². The molecule has 1 aliphatic rings. The van der Waals surface area contributed by atoms with Gasteiger partial charge in [-0.2, -0.15) is 0 Å². The summed E-state index contributed by atoms with van der Waals surface area (Å²) in [4.78, 5) is 32.8. The molecule has 45 heavy (non-hydrogen) atoms. The molecule has 0 amide bonds. The van der Waals surface area contributed by atoms with E-state index in [9.17, 15) is 14.0 Å². The van der Waals surface area contributed by atoms with Gasteiger partial charge in [-0.3, -0.25) is 9.36 Å². The Morgan fingerprint density at radius 2 is 1.80 bits per heavy atom. The van der Waals surface area contributed by atoms with E-state index in [-0.39, 0.29) is 23.6 Å². The molecule has 2 aromatic heterocycles. The number of fused-ring (bicyclic) bond motifs is 2. The molecule has 0 aliphatic carbocycles. The van der Waals surface area contributed by atoms with Crippen molar-refractivity contribution < 1.29 is 23.4 Å². The van der Waals surface area contributed by atoms with E-state index in [4.69, 9.17) is 19.2 Å². The average molecular weight is 691 g/mol. The van der Waals surface area contributed by atoms with Gasteiger partial charge in [-0.1, -0.05) is 57.6 Å². The summed E-state index contributed by atoms with van der Waals surface area (Å²) in [5.74, 6) is 0.108. The number of carbonyl (C=O) groups is 1. The minimum absolute atomic E-state index is 0.168. The smallest absolute Gasteiger partial charge is 0.338 e. The first kappa shape index (κ1) is 30.5. The van der Waals surface area contributed by atoms with Crippen LogP contribution in [0.25, 0.3) is 17.0 Å². The van der Waals surface area contributed by atoms with Gasteiger partial charge in [0, 0.05) is 33.7 Å². The standard InChI is InChI=1S/C34H29BrFN3O5S/c1-5-44-33(41)30-19(2)37-34-39(31(30)24-15-27(42-3)28(43-4)16-25(24)35)32(40)29(45-34)14-21-18-38(26-9-7-6-8-23(21)26)17-20-10-12-22(36)13-11-20/h6-16,18,31H,5,17H2,1-4H3/b29-14-/t31-/m1/s1. The Bertz CT molecular complexity index is 2160. The van der Waals surface area contributed by atoms with E-state index >= 15 is 0 Å². The zero-order chi connectivity index (χ0) is 31.8. The molecule has 3 aromatic carbocycles. The molecular formula is C34H29BrFN3O5S. The summed E-state index contributed by atoms with van der Waals surface area (Å²) in [6.07, 6.45) is 3.85. The summed E-state index contributed by atoms with van der Waals surface area (Å²) < 4.78 is 34.7. The van der Waals surface area contributed by atoms with Crippen molar-refractivity contribution in [1.29, 1.82) is 0 Å². The van der Waals surface area contributed by atoms with Crippen LogP contribution in [0.5, 0.6) is 11.5 Å². The van der Waals surface area contributed by atoms with Gasteiger partial charge in [0.25, 0.3) is 5.56 Å². The van der Waals surface area contributed by atoms with Crippen LogP contribution in [0.15, 0.2) is 92.4 Å². The fourth-order valence-corrected chi connectivity index (χ4v) is 7.19. The predicted octanol–water partition coefficient (Wildman–Crippen LogP) is 5.72. The summed E-state index contributed by atoms with van der Waals surface area (Å²) in [6, 6.07) is 17.0. The molecule has 5 aromatic rings. The Morgan fingerprint density at radius 3 is 2.51 bits per heavy atom. The van der Waals surface area contributed by atoms with Crippen molar-refractivity contribution in [3.8, 4) is 11.5 Å². The first-order valence-electron chi connectivity index (χ1n) is 14.2. The second-order valence-corrected chi connectivity index (χ2v) is 12.3. The first-order valence-corrected chi connectivity index (χ1v) is 15.8. The largest absolute Gasteiger partial charge is 0.493 e. The second-order valence-electron chi connectivity index (χ2n) is 10.4. The van der Waals surface area contributed by atoms with Crippen molar-refractivity contribution in [2.24, 2.45) is 4.99 Å². The lowest BCUT2D eigenvalue weighted by Gasteiger charge is -2.26. The van der Waals surface area contributed by atoms with E-state index in [0.29, 0.717) is 43.1 Å². The van der Waals surface area contributed by atoms with E-state index in [2.05, 4.69) is 20.5 Å². The van der Waals surface area contributed by atoms with Crippen LogP contribution in [-0.2, 0) is 16.1 Å². The SMILES string of the molecule is CCOC(=O)C1=C(C)N=c2s/c(=C\c3cn(Cc4ccc(F)cc4)c4ccccc34)c(=O)n2[C@@H]1c1cc(OC)c(OC)cc1Br. The molecule has 6 rings (SSSR count). The summed E-state index contributed by atoms with van der Waals surface area (Å²) in [5, 5.41) is 0.966. The number of esters is 1. The van der Waals surface area contributed by atoms with Gasteiger partial charge in [0.05, 0.1) is 42.7 Å². The first-order chi connectivity index (χ1) is 21.7. The van der Waals surface area contributed by atoms with Gasteiger partial charge < -0.3 is 18.8 Å². The maximum atomic E-state index is 14.3. The number of nitrogens with zero attached hydrogens (tertiary/aromatic N) is 3. The molecule has 0 N–H and O–H groups in total. The number of ether oxygens (including phenoxy) is 3. The summed E-state index contributed by atoms with van der Waals surface area (Å²) in [5.41, 5.74) is 3.83. The van der Waals surface area contributed by atoms with E-state index in [0.717, 1.165) is 22.0 Å². The number of para-hydroxylation sites is 1. The summed E-state index contributed by atoms with van der Waals surface area (Å²) in [7, 11) is 3.07. The molecule has 0 saturated carbocycles. The fraction of sp³-hybridized carbons (Fsp3) is 0.206. The van der Waals surface area contributed by atoms with Crippen molar-refractivity contribution in [2.45, 2.75) is 26.4 Å². The quantitative estimate of drug-likeness (QED) is 0.195. The molecule has 0 radical (unpaired) electrons. The van der Waals surface area contributed by atoms with Gasteiger partial charge in [0.1, 0.15) is 5.82 Å². The van der Waals surface area contributed by atoms with Gasteiger partial charge in [-0.25, -0.2) is 14.2 Å². The van der Waals surface area contributed by atoms with Crippen LogP contribution in [0.3, 0.4) is 0 Å². The van der Waals surface area contributed by atoms with Crippen molar-refractivity contribution in [1.82, 2.24) is 9.13 Å². The van der Waals surface area contributed by atoms with Crippen LogP contribution in [-0.4, -0.2) is 35.9 Å². The maximum Gasteiger partial charge on any atom is 0.338 e. The van der Waals surface area contributed by atoms with E-state index in [1.54, 1.807) is 42.7 Å². The number of benzene rings is 3. The number of carbonyl (C=O) groups excluding carboxylic acids is 1. The van der Waals surface area contributed by atoms with Crippen LogP contribution in [0.1, 0.15) is 36.6 Å². The third-order valence-electron chi connectivity index (χ3n) is 7.69. The zero-order valence-corrected chi connectivity index (χ0v) is 27.4. The van der Waals surface area contributed by atoms with Gasteiger partial charge in [-0.05, 0) is 61.4 Å². The lowest BCUT2D eigenvalue weighted by atomic mass is 9.95. The molecule has 0 bridgehead atoms. The monoisotopic (exact) mass is 689 g/mol. The Morgan fingerprint density at radius 1 is 1.09 bits per heavy atom. The molecule has 230 valence electrons. The van der Waals surface area contributed by atoms with E-state index in [1.807, 2.05) is 36.5 Å². The average Bonchev–Trinajstić information content (AvgIpc) is 3.53. The molecule has 8 nitrogen and oxygen atoms in total. The van der Waals surface area contributed by atoms with Crippen molar-refractivity contribution in [3.05, 3.63) is 125 Å². The summed E-state index contributed by atoms with van der Waals surface area (Å²) >= 11 is 4.89. The third-order valence-corrected chi connectivity index (χ3v) is 9.36. The maximum absolute atomic E-state index is 14.3. The van der Waals surface area contributed by atoms with Crippen molar-refractivity contribution in [2.75, 3.05) is 20.8 Å². The van der Waals surface area contributed by atoms with Crippen LogP contribution in [0.4, 0.5) is 4.39 Å². The lowest BCUT2D eigenvalue weighted by Crippen LogP contribution is -2.40. The molecule has 0 unspecified atom stereocenters. The predicted molar refractivity (Wildman–Crippen MR) is 175 cm³/mol. The number of hydrogen-bond donors (Lipinski definition) is 0. The van der Waals surface area contributed by atoms with Crippen molar-refractivity contribution in [3.63, 3.8) is 0 Å². The Balaban J connectivity index is 1.54. The normalized spacial score (nSPS) is 14.8. The minimum Gasteiger partial charge on any atom is -0.493 e. The van der Waals surface area contributed by atoms with Crippen LogP contribution in [0.2, 0.25) is 0 Å². The molecular weight excluding hydrogens is 661 g/mol. The van der Waals surface area contributed by atoms with Gasteiger partial charge in [0.2, 0.25) is 0 Å². The number of hydrogen-bond acceptors (Lipinski definition) is 7. The van der Waals surface area contributed by atoms with Gasteiger partial charge in [0.15, 0.2) is 16.3 Å². The Labute approximate surface area is 270 Å². The second kappa shape index (κ2) is 12.5. The third kappa shape index (κ3) is 5.62. The number of methoxy groups -OCH3 is 2. The number of allylic oxidation sites excluding steroid dienone is 1. The topological polar surface area (TPSA) is 84.1 Å². The molecule has 0 fully saturated rings. The van der Waals surface area contributed by atoms with E-state index < -0.39 is 12.0 Å². The number of thiazole rings is 1. The molecule has 1 atom stereocenters. The van der Waals surface area contributed by atoms with Gasteiger partial charge >= 0.3 is 5.97 Å².